The van der Waals surface area contributed by atoms with Gasteiger partial charge in [0.05, 0.1) is 60.5 Å². The van der Waals surface area contributed by atoms with E-state index in [0.717, 1.165) is 19.8 Å². The zero-order chi connectivity index (χ0) is 37.4. The van der Waals surface area contributed by atoms with Crippen LogP contribution in [0.2, 0.25) is 0 Å². The van der Waals surface area contributed by atoms with Crippen LogP contribution in [0.3, 0.4) is 0 Å². The van der Waals surface area contributed by atoms with Gasteiger partial charge in [0, 0.05) is 32.3 Å². The minimum absolute atomic E-state index is 0.0550. The van der Waals surface area contributed by atoms with Gasteiger partial charge in [0.1, 0.15) is 18.3 Å². The smallest absolute Gasteiger partial charge is 0.206 e. The Hall–Kier alpha value is -3.24. The third-order valence-electron chi connectivity index (χ3n) is 9.90. The molecular weight excluding hydrogens is 684 g/mol. The van der Waals surface area contributed by atoms with Gasteiger partial charge in [-0.2, -0.15) is 0 Å². The van der Waals surface area contributed by atoms with Crippen LogP contribution in [-0.4, -0.2) is 147 Å². The highest BCUT2D eigenvalue weighted by atomic mass is 16.7. The van der Waals surface area contributed by atoms with E-state index in [9.17, 15) is 40.9 Å². The average molecular weight is 730 g/mol. The van der Waals surface area contributed by atoms with Crippen LogP contribution < -0.4 is 28.8 Å². The fraction of sp³-hybridized carbons (Fsp3) is 0.636. The summed E-state index contributed by atoms with van der Waals surface area (Å²) in [6.07, 6.45) is -14.6. The number of hydrogen-bond acceptors (Lipinski definition) is 18. The van der Waals surface area contributed by atoms with Crippen LogP contribution in [0.1, 0.15) is 23.3 Å². The van der Waals surface area contributed by atoms with Crippen molar-refractivity contribution in [1.29, 1.82) is 0 Å². The summed E-state index contributed by atoms with van der Waals surface area (Å²) in [5.41, 5.74) is -1.79. The molecule has 0 aliphatic carbocycles. The van der Waals surface area contributed by atoms with E-state index in [-0.39, 0.29) is 46.3 Å². The van der Waals surface area contributed by atoms with Gasteiger partial charge in [-0.25, -0.2) is 0 Å². The molecule has 0 aromatic heterocycles. The van der Waals surface area contributed by atoms with Crippen molar-refractivity contribution >= 4 is 0 Å². The zero-order valence-electron chi connectivity index (χ0n) is 28.8. The number of rotatable bonds is 14. The molecule has 3 aliphatic heterocycles. The molecule has 0 spiro atoms. The molecule has 0 radical (unpaired) electrons. The Balaban J connectivity index is 1.43. The number of phenolic OH excluding ortho intramolecular Hbond substituents is 1. The molecular formula is C33H45O18-. The second kappa shape index (κ2) is 15.4. The van der Waals surface area contributed by atoms with E-state index in [2.05, 4.69) is 0 Å². The molecule has 2 aromatic rings. The van der Waals surface area contributed by atoms with Crippen molar-refractivity contribution in [2.75, 3.05) is 62.5 Å². The quantitative estimate of drug-likeness (QED) is 0.105. The highest BCUT2D eigenvalue weighted by Gasteiger charge is 2.66. The third kappa shape index (κ3) is 6.53. The van der Waals surface area contributed by atoms with Crippen LogP contribution in [0.4, 0.5) is 0 Å². The molecule has 3 fully saturated rings. The molecule has 51 heavy (non-hydrogen) atoms. The number of aliphatic hydroxyl groups excluding tert-OH is 4. The van der Waals surface area contributed by atoms with Crippen LogP contribution in [-0.2, 0) is 23.7 Å². The summed E-state index contributed by atoms with van der Waals surface area (Å²) in [5, 5.41) is 88.6. The average Bonchev–Trinajstić information content (AvgIpc) is 3.76. The predicted molar refractivity (Wildman–Crippen MR) is 167 cm³/mol. The number of aliphatic hydroxyl groups is 6. The molecule has 3 aliphatic rings. The van der Waals surface area contributed by atoms with Crippen molar-refractivity contribution in [2.45, 2.75) is 60.6 Å². The number of ether oxygens (including phenoxy) is 10. The van der Waals surface area contributed by atoms with Crippen LogP contribution in [0.25, 0.3) is 0 Å². The molecule has 7 N–H and O–H groups in total. The normalized spacial score (nSPS) is 33.6. The van der Waals surface area contributed by atoms with Gasteiger partial charge >= 0.3 is 0 Å². The Kier molecular flexibility index (Phi) is 11.8. The van der Waals surface area contributed by atoms with Gasteiger partial charge in [-0.05, 0) is 35.4 Å². The molecule has 0 saturated carbocycles. The lowest BCUT2D eigenvalue weighted by atomic mass is 9.75. The van der Waals surface area contributed by atoms with Gasteiger partial charge in [0.15, 0.2) is 41.0 Å². The summed E-state index contributed by atoms with van der Waals surface area (Å²) < 4.78 is 54.9. The molecule has 12 atom stereocenters. The van der Waals surface area contributed by atoms with Gasteiger partial charge in [0.25, 0.3) is 0 Å². The topological polar surface area (TPSA) is 257 Å². The number of fused-ring (bicyclic) bond motifs is 1. The van der Waals surface area contributed by atoms with E-state index in [1.807, 2.05) is 0 Å². The van der Waals surface area contributed by atoms with E-state index in [0.29, 0.717) is 18.8 Å². The number of aromatic hydroxyl groups is 1. The van der Waals surface area contributed by atoms with Crippen LogP contribution >= 0.6 is 0 Å². The molecule has 0 bridgehead atoms. The van der Waals surface area contributed by atoms with Gasteiger partial charge < -0.3 is 88.2 Å². The SMILES string of the molecule is COc1cc([C@@H]2OC[C@@H]3[C@H]2CO[C@H]3c2cc(OC)c(O[C@@H](CO)[C@@H](O)[C@@]3(O)[C@@H](C(O)OC)O[C@@H]([O-])[C@@](O)(OC)[C@H]3O)c(OC)c2)cc(OC)c1O. The molecule has 2 aromatic carbocycles. The first-order chi connectivity index (χ1) is 24.3. The minimum Gasteiger partial charge on any atom is -0.827 e. The largest absolute Gasteiger partial charge is 0.827 e. The standard InChI is InChI=1S/C33H45O18/c1-42-18-7-14(8-19(43-2)23(18)35)24-16-12-49-25(17(16)13-48-24)15-9-20(44-3)26(21(10-15)45-4)50-22(11-34)27(36)32(40)28(29(37)46-5)51-31(39)33(41,47-6)30(32)38/h7-10,16-17,22,24-25,27-31,34-38,40-41H,11-13H2,1-6H3/q-1/t16-,17-,22+,24+,25+,27-,28-,29?,30+,31-,32-,33+/m1/s1. The van der Waals surface area contributed by atoms with Crippen molar-refractivity contribution in [3.05, 3.63) is 35.4 Å². The molecule has 3 heterocycles. The molecule has 286 valence electrons. The molecule has 5 rings (SSSR count). The third-order valence-corrected chi connectivity index (χ3v) is 9.90. The van der Waals surface area contributed by atoms with E-state index >= 15 is 0 Å². The van der Waals surface area contributed by atoms with Crippen LogP contribution in [0.5, 0.6) is 34.5 Å². The number of hydrogen-bond donors (Lipinski definition) is 7. The Morgan fingerprint density at radius 2 is 1.29 bits per heavy atom. The lowest BCUT2D eigenvalue weighted by Crippen LogP contribution is -2.81. The van der Waals surface area contributed by atoms with Crippen LogP contribution in [0, 0.1) is 11.8 Å². The Labute approximate surface area is 293 Å². The van der Waals surface area contributed by atoms with Gasteiger partial charge in [-0.15, -0.1) is 0 Å². The predicted octanol–water partition coefficient (Wildman–Crippen LogP) is -1.92. The fourth-order valence-corrected chi connectivity index (χ4v) is 7.06. The highest BCUT2D eigenvalue weighted by molar-refractivity contribution is 5.55. The van der Waals surface area contributed by atoms with E-state index in [1.54, 1.807) is 24.3 Å². The maximum absolute atomic E-state index is 12.6. The summed E-state index contributed by atoms with van der Waals surface area (Å²) in [7, 11) is 7.38. The summed E-state index contributed by atoms with van der Waals surface area (Å²) in [4.78, 5) is 0. The maximum atomic E-state index is 12.6. The van der Waals surface area contributed by atoms with Crippen LogP contribution in [0.15, 0.2) is 24.3 Å². The first kappa shape index (κ1) is 39.0. The Bertz CT molecular complexity index is 1450. The minimum atomic E-state index is -3.13. The summed E-state index contributed by atoms with van der Waals surface area (Å²) in [6.45, 7) is -0.376. The van der Waals surface area contributed by atoms with Crippen molar-refractivity contribution in [1.82, 2.24) is 0 Å². The summed E-state index contributed by atoms with van der Waals surface area (Å²) >= 11 is 0. The first-order valence-corrected chi connectivity index (χ1v) is 15.9. The number of benzene rings is 2. The van der Waals surface area contributed by atoms with Crippen molar-refractivity contribution in [3.8, 4) is 34.5 Å². The maximum Gasteiger partial charge on any atom is 0.206 e. The highest BCUT2D eigenvalue weighted by Crippen LogP contribution is 2.54. The van der Waals surface area contributed by atoms with Gasteiger partial charge in [0.2, 0.25) is 17.3 Å². The van der Waals surface area contributed by atoms with Gasteiger partial charge in [-0.3, -0.25) is 0 Å². The monoisotopic (exact) mass is 729 g/mol. The zero-order valence-corrected chi connectivity index (χ0v) is 28.8. The number of phenols is 1. The molecule has 3 saturated heterocycles. The second-order valence-corrected chi connectivity index (χ2v) is 12.4. The molecule has 1 unspecified atom stereocenters. The summed E-state index contributed by atoms with van der Waals surface area (Å²) in [6, 6.07) is 6.57. The fourth-order valence-electron chi connectivity index (χ4n) is 7.06. The van der Waals surface area contributed by atoms with E-state index in [1.165, 1.54) is 28.4 Å². The van der Waals surface area contributed by atoms with Crippen molar-refractivity contribution < 1.29 is 88.2 Å². The second-order valence-electron chi connectivity index (χ2n) is 12.4. The van der Waals surface area contributed by atoms with E-state index in [4.69, 9.17) is 47.4 Å². The molecule has 18 nitrogen and oxygen atoms in total. The number of methoxy groups -OCH3 is 6. The molecule has 18 heteroatoms. The first-order valence-electron chi connectivity index (χ1n) is 15.9. The lowest BCUT2D eigenvalue weighted by molar-refractivity contribution is -0.593. The van der Waals surface area contributed by atoms with Crippen molar-refractivity contribution in [2.24, 2.45) is 11.8 Å². The Morgan fingerprint density at radius 3 is 1.71 bits per heavy atom. The summed E-state index contributed by atoms with van der Waals surface area (Å²) in [5.74, 6) is -3.06. The molecule has 0 amide bonds. The van der Waals surface area contributed by atoms with E-state index < -0.39 is 67.2 Å². The van der Waals surface area contributed by atoms with Gasteiger partial charge in [-0.1, -0.05) is 0 Å². The van der Waals surface area contributed by atoms with Crippen molar-refractivity contribution in [3.63, 3.8) is 0 Å². The lowest BCUT2D eigenvalue weighted by Gasteiger charge is -2.57. The Morgan fingerprint density at radius 1 is 0.824 bits per heavy atom.